The van der Waals surface area contributed by atoms with E-state index in [1.54, 1.807) is 0 Å². The maximum atomic E-state index is 12.3. The minimum absolute atomic E-state index is 0.171. The van der Waals surface area contributed by atoms with Gasteiger partial charge in [0.25, 0.3) is 0 Å². The molecule has 220 valence electrons. The highest BCUT2D eigenvalue weighted by Crippen LogP contribution is 2.32. The summed E-state index contributed by atoms with van der Waals surface area (Å²) in [6, 6.07) is 15.9. The quantitative estimate of drug-likeness (QED) is 0.197. The predicted molar refractivity (Wildman–Crippen MR) is 167 cm³/mol. The van der Waals surface area contributed by atoms with Gasteiger partial charge in [-0.3, -0.25) is 19.2 Å². The third-order valence-electron chi connectivity index (χ3n) is 8.13. The number of aromatic nitrogens is 2. The maximum absolute atomic E-state index is 12.3. The molecule has 2 fully saturated rings. The van der Waals surface area contributed by atoms with Crippen molar-refractivity contribution >= 4 is 46.7 Å². The van der Waals surface area contributed by atoms with Crippen molar-refractivity contribution in [1.29, 1.82) is 0 Å². The van der Waals surface area contributed by atoms with E-state index >= 15 is 0 Å². The Bertz CT molecular complexity index is 1340. The molecule has 2 N–H and O–H groups in total. The van der Waals surface area contributed by atoms with Gasteiger partial charge >= 0.3 is 0 Å². The van der Waals surface area contributed by atoms with Gasteiger partial charge in [-0.2, -0.15) is 5.10 Å². The monoisotopic (exact) mass is 577 g/mol. The van der Waals surface area contributed by atoms with Gasteiger partial charge < -0.3 is 15.5 Å². The number of amides is 2. The molecule has 2 saturated heterocycles. The van der Waals surface area contributed by atoms with Crippen molar-refractivity contribution in [3.8, 4) is 0 Å². The third kappa shape index (κ3) is 7.42. The number of hydrogen-bond acceptors (Lipinski definition) is 7. The van der Waals surface area contributed by atoms with Crippen molar-refractivity contribution in [2.45, 2.75) is 57.0 Å². The molecule has 0 saturated carbocycles. The molecule has 2 aliphatic heterocycles. The average Bonchev–Trinajstić information content (AvgIpc) is 3.27. The molecule has 2 aromatic carbocycles. The van der Waals surface area contributed by atoms with Crippen LogP contribution in [0.5, 0.6) is 0 Å². The number of hydrogen-bond donors (Lipinski definition) is 2. The fourth-order valence-electron chi connectivity index (χ4n) is 5.92. The Kier molecular flexibility index (Phi) is 9.84. The lowest BCUT2D eigenvalue weighted by Gasteiger charge is -2.45. The predicted octanol–water partition coefficient (Wildman–Crippen LogP) is 4.49. The van der Waals surface area contributed by atoms with Gasteiger partial charge in [-0.05, 0) is 66.6 Å². The summed E-state index contributed by atoms with van der Waals surface area (Å²) in [5.41, 5.74) is 3.55. The first-order valence-electron chi connectivity index (χ1n) is 14.9. The standard InChI is InChI=1S/C31H43N7O2S/c1-23(2)29-21-36(20-24-8-7-9-26(18-24)41-37-14-5-4-6-15-37)16-17-38(29)25-10-11-27-28(19-25)35(3)34-31(27)33-30(40)12-13-32-22-39/h7-11,18-19,22-23,29H,4-6,12-17,20-21H2,1-3H3,(H,32,39)(H,33,34,40). The number of rotatable bonds is 11. The number of piperidine rings is 1. The Hall–Kier alpha value is -3.08. The van der Waals surface area contributed by atoms with Gasteiger partial charge in [0.15, 0.2) is 5.82 Å². The molecule has 1 unspecified atom stereocenters. The third-order valence-corrected chi connectivity index (χ3v) is 9.22. The summed E-state index contributed by atoms with van der Waals surface area (Å²) < 4.78 is 4.34. The van der Waals surface area contributed by atoms with Crippen LogP contribution < -0.4 is 15.5 Å². The maximum Gasteiger partial charge on any atom is 0.227 e. The van der Waals surface area contributed by atoms with Gasteiger partial charge in [-0.1, -0.05) is 32.4 Å². The van der Waals surface area contributed by atoms with Crippen LogP contribution >= 0.6 is 11.9 Å². The van der Waals surface area contributed by atoms with Gasteiger partial charge in [0, 0.05) is 81.3 Å². The van der Waals surface area contributed by atoms with Gasteiger partial charge in [0.1, 0.15) is 0 Å². The zero-order valence-electron chi connectivity index (χ0n) is 24.5. The van der Waals surface area contributed by atoms with Crippen LogP contribution in [0.25, 0.3) is 10.9 Å². The second-order valence-corrected chi connectivity index (χ2v) is 12.7. The molecular formula is C31H43N7O2S. The van der Waals surface area contributed by atoms with E-state index in [2.05, 4.69) is 86.1 Å². The molecular weight excluding hydrogens is 534 g/mol. The van der Waals surface area contributed by atoms with Crippen LogP contribution in [0.3, 0.4) is 0 Å². The summed E-state index contributed by atoms with van der Waals surface area (Å²) >= 11 is 1.92. The minimum atomic E-state index is -0.171. The lowest BCUT2D eigenvalue weighted by molar-refractivity contribution is -0.116. The van der Waals surface area contributed by atoms with Crippen molar-refractivity contribution in [2.24, 2.45) is 13.0 Å². The van der Waals surface area contributed by atoms with E-state index in [4.69, 9.17) is 0 Å². The van der Waals surface area contributed by atoms with Crippen LogP contribution in [0.1, 0.15) is 45.1 Å². The second-order valence-electron chi connectivity index (χ2n) is 11.5. The number of piperazine rings is 1. The zero-order chi connectivity index (χ0) is 28.8. The number of benzene rings is 2. The average molecular weight is 578 g/mol. The number of anilines is 2. The Morgan fingerprint density at radius 2 is 1.93 bits per heavy atom. The first kappa shape index (κ1) is 29.4. The molecule has 0 radical (unpaired) electrons. The molecule has 0 aliphatic carbocycles. The Balaban J connectivity index is 1.25. The van der Waals surface area contributed by atoms with Crippen molar-refractivity contribution in [1.82, 2.24) is 24.3 Å². The zero-order valence-corrected chi connectivity index (χ0v) is 25.3. The van der Waals surface area contributed by atoms with Gasteiger partial charge in [-0.25, -0.2) is 4.31 Å². The Labute approximate surface area is 247 Å². The number of nitrogens with zero attached hydrogens (tertiary/aromatic N) is 5. The van der Waals surface area contributed by atoms with Crippen molar-refractivity contribution in [2.75, 3.05) is 49.5 Å². The van der Waals surface area contributed by atoms with E-state index < -0.39 is 0 Å². The van der Waals surface area contributed by atoms with E-state index in [1.807, 2.05) is 23.7 Å². The summed E-state index contributed by atoms with van der Waals surface area (Å²) in [5.74, 6) is 0.877. The van der Waals surface area contributed by atoms with Crippen LogP contribution in [-0.4, -0.2) is 76.6 Å². The number of nitrogens with one attached hydrogen (secondary N) is 2. The molecule has 10 heteroatoms. The van der Waals surface area contributed by atoms with E-state index in [1.165, 1.54) is 48.5 Å². The summed E-state index contributed by atoms with van der Waals surface area (Å²) in [6.07, 6.45) is 4.78. The lowest BCUT2D eigenvalue weighted by Crippen LogP contribution is -2.55. The van der Waals surface area contributed by atoms with E-state index in [0.717, 1.165) is 37.1 Å². The number of fused-ring (bicyclic) bond motifs is 1. The van der Waals surface area contributed by atoms with Crippen LogP contribution in [-0.2, 0) is 23.2 Å². The molecule has 2 amide bonds. The smallest absolute Gasteiger partial charge is 0.227 e. The van der Waals surface area contributed by atoms with Crippen LogP contribution in [0.15, 0.2) is 47.4 Å². The number of carbonyl (C=O) groups excluding carboxylic acids is 2. The largest absolute Gasteiger partial charge is 0.366 e. The van der Waals surface area contributed by atoms with Crippen LogP contribution in [0.2, 0.25) is 0 Å². The highest BCUT2D eigenvalue weighted by atomic mass is 32.2. The summed E-state index contributed by atoms with van der Waals surface area (Å²) in [4.78, 5) is 29.3. The fraction of sp³-hybridized carbons (Fsp3) is 0.516. The molecule has 41 heavy (non-hydrogen) atoms. The highest BCUT2D eigenvalue weighted by molar-refractivity contribution is 7.97. The van der Waals surface area contributed by atoms with E-state index in [0.29, 0.717) is 30.7 Å². The SMILES string of the molecule is CC(C)C1CN(Cc2cccc(SN3CCCCC3)c2)CCN1c1ccc2c(NC(=O)CCNC=O)nn(C)c2c1. The number of carbonyl (C=O) groups is 2. The van der Waals surface area contributed by atoms with Gasteiger partial charge in [-0.15, -0.1) is 0 Å². The van der Waals surface area contributed by atoms with Crippen molar-refractivity contribution in [3.63, 3.8) is 0 Å². The summed E-state index contributed by atoms with van der Waals surface area (Å²) in [7, 11) is 1.91. The normalized spacial score (nSPS) is 18.6. The molecule has 2 aliphatic rings. The van der Waals surface area contributed by atoms with Gasteiger partial charge in [0.05, 0.1) is 5.52 Å². The minimum Gasteiger partial charge on any atom is -0.366 e. The first-order valence-corrected chi connectivity index (χ1v) is 15.6. The number of aryl methyl sites for hydroxylation is 1. The molecule has 1 atom stereocenters. The van der Waals surface area contributed by atoms with Crippen LogP contribution in [0.4, 0.5) is 11.5 Å². The highest BCUT2D eigenvalue weighted by Gasteiger charge is 2.30. The Morgan fingerprint density at radius 1 is 1.10 bits per heavy atom. The summed E-state index contributed by atoms with van der Waals surface area (Å²) in [5, 5.41) is 10.9. The van der Waals surface area contributed by atoms with Crippen LogP contribution in [0, 0.1) is 5.92 Å². The molecule has 3 aromatic rings. The molecule has 1 aromatic heterocycles. The molecule has 5 rings (SSSR count). The van der Waals surface area contributed by atoms with Crippen molar-refractivity contribution in [3.05, 3.63) is 48.0 Å². The topological polar surface area (TPSA) is 85.7 Å². The second kappa shape index (κ2) is 13.7. The van der Waals surface area contributed by atoms with Gasteiger partial charge in [0.2, 0.25) is 12.3 Å². The summed E-state index contributed by atoms with van der Waals surface area (Å²) in [6.45, 7) is 11.3. The first-order chi connectivity index (χ1) is 19.9. The molecule has 0 spiro atoms. The lowest BCUT2D eigenvalue weighted by atomic mass is 9.98. The molecule has 3 heterocycles. The fourth-order valence-corrected chi connectivity index (χ4v) is 7.01. The van der Waals surface area contributed by atoms with E-state index in [-0.39, 0.29) is 12.3 Å². The van der Waals surface area contributed by atoms with E-state index in [9.17, 15) is 9.59 Å². The molecule has 0 bridgehead atoms. The Morgan fingerprint density at radius 3 is 2.71 bits per heavy atom. The molecule has 9 nitrogen and oxygen atoms in total. The van der Waals surface area contributed by atoms with Crippen molar-refractivity contribution < 1.29 is 9.59 Å².